The highest BCUT2D eigenvalue weighted by molar-refractivity contribution is 7.19. The minimum absolute atomic E-state index is 0.0714. The van der Waals surface area contributed by atoms with Gasteiger partial charge in [-0.15, -0.1) is 0 Å². The summed E-state index contributed by atoms with van der Waals surface area (Å²) < 4.78 is 15.0. The highest BCUT2D eigenvalue weighted by Crippen LogP contribution is 2.62. The number of aryl methyl sites for hydroxylation is 1. The molecule has 0 aliphatic heterocycles. The Labute approximate surface area is 639 Å². The maximum absolute atomic E-state index is 7.61. The minimum Gasteiger partial charge on any atom is -0.453 e. The topological polar surface area (TPSA) is 32.8 Å². The minimum atomic E-state index is -2.79. The summed E-state index contributed by atoms with van der Waals surface area (Å²) in [6.07, 6.45) is 0. The van der Waals surface area contributed by atoms with E-state index in [4.69, 9.17) is 8.83 Å². The maximum atomic E-state index is 7.61. The van der Waals surface area contributed by atoms with Crippen LogP contribution in [0.25, 0.3) is 88.0 Å². The zero-order valence-corrected chi connectivity index (χ0v) is 63.4. The van der Waals surface area contributed by atoms with Crippen LogP contribution >= 0.6 is 0 Å². The molecule has 0 radical (unpaired) electrons. The molecule has 0 amide bonds. The van der Waals surface area contributed by atoms with E-state index in [1.807, 2.05) is 0 Å². The Bertz CT molecular complexity index is 6320. The Morgan fingerprint density at radius 2 is 0.651 bits per heavy atom. The van der Waals surface area contributed by atoms with Crippen molar-refractivity contribution >= 4 is 118 Å². The Kier molecular flexibility index (Phi) is 16.1. The van der Waals surface area contributed by atoms with Crippen molar-refractivity contribution in [1.29, 1.82) is 0 Å². The van der Waals surface area contributed by atoms with E-state index >= 15 is 0 Å². The number of anilines is 6. The van der Waals surface area contributed by atoms with Crippen LogP contribution in [0.15, 0.2) is 379 Å². The Balaban J connectivity index is 0.825. The van der Waals surface area contributed by atoms with Crippen molar-refractivity contribution in [2.24, 2.45) is 0 Å². The first-order valence-corrected chi connectivity index (χ1v) is 40.1. The van der Waals surface area contributed by atoms with E-state index < -0.39 is 13.5 Å². The van der Waals surface area contributed by atoms with Gasteiger partial charge in [-0.3, -0.25) is 0 Å². The molecule has 2 heterocycles. The van der Waals surface area contributed by atoms with Gasteiger partial charge in [0.1, 0.15) is 11.2 Å². The quantitative estimate of drug-likeness (QED) is 0.0802. The lowest BCUT2D eigenvalue weighted by Crippen LogP contribution is -2.74. The molecule has 0 fully saturated rings. The lowest BCUT2D eigenvalue weighted by molar-refractivity contribution is 0.590. The van der Waals surface area contributed by atoms with Crippen molar-refractivity contribution in [3.63, 3.8) is 0 Å². The predicted molar refractivity (Wildman–Crippen MR) is 462 cm³/mol. The third kappa shape index (κ3) is 10.9. The van der Waals surface area contributed by atoms with Gasteiger partial charge in [0.15, 0.2) is 19.2 Å². The number of rotatable bonds is 14. The highest BCUT2D eigenvalue weighted by Gasteiger charge is 2.49. The normalized spacial score (nSPS) is 12.8. The van der Waals surface area contributed by atoms with E-state index in [-0.39, 0.29) is 10.8 Å². The van der Waals surface area contributed by atoms with Gasteiger partial charge in [0.25, 0.3) is 0 Å². The Morgan fingerprint density at radius 1 is 0.275 bits per heavy atom. The standard InChI is InChI=1S/C104H82N2O2Si/c1-69-49-51-70(52-50-69)83-41-25-44-88-90-46-28-48-95(101(90)108-98(83)88)106(77-61-57-73(58-62-77)103(5,6)7)96-68-93-97(86-40-24-23-39-85(86)96)91-66-63-78(67-92(91)104(93,74-29-13-8-14-30-74)75-31-15-9-16-32-75)105(76-59-55-72(56-60-76)102(2,3)4)94-47-27-45-89-87-43-26-42-84(99(87)107-100(89)94)71-53-64-82(65-54-71)109(79-33-17-10-18-34-79,80-35-19-11-20-36-80)81-37-21-12-22-38-81/h8-68H,1-7H3. The first-order valence-electron chi connectivity index (χ1n) is 38.1. The molecule has 0 atom stereocenters. The molecule has 524 valence electrons. The average molecular weight is 1420 g/mol. The summed E-state index contributed by atoms with van der Waals surface area (Å²) in [7, 11) is -2.79. The summed E-state index contributed by atoms with van der Waals surface area (Å²) in [5.74, 6) is 0. The second-order valence-electron chi connectivity index (χ2n) is 31.5. The molecule has 0 bridgehead atoms. The molecule has 2 aromatic heterocycles. The van der Waals surface area contributed by atoms with Gasteiger partial charge >= 0.3 is 0 Å². The molecule has 0 N–H and O–H groups in total. The molecule has 0 saturated heterocycles. The predicted octanol–water partition coefficient (Wildman–Crippen LogP) is 25.6. The van der Waals surface area contributed by atoms with Crippen molar-refractivity contribution in [2.75, 3.05) is 9.80 Å². The molecule has 19 rings (SSSR count). The summed E-state index contributed by atoms with van der Waals surface area (Å²) in [6, 6.07) is 138. The number of furan rings is 2. The van der Waals surface area contributed by atoms with Crippen molar-refractivity contribution in [3.8, 4) is 33.4 Å². The van der Waals surface area contributed by atoms with Crippen LogP contribution in [0.4, 0.5) is 34.1 Å². The van der Waals surface area contributed by atoms with Gasteiger partial charge in [-0.05, 0) is 154 Å². The molecule has 0 spiro atoms. The molecule has 18 aromatic rings. The fraction of sp³-hybridized carbons (Fsp3) is 0.0962. The number of fused-ring (bicyclic) bond motifs is 11. The third-order valence-corrected chi connectivity index (χ3v) is 27.9. The second kappa shape index (κ2) is 26.3. The van der Waals surface area contributed by atoms with E-state index in [9.17, 15) is 0 Å². The van der Waals surface area contributed by atoms with Crippen molar-refractivity contribution < 1.29 is 8.83 Å². The summed E-state index contributed by atoms with van der Waals surface area (Å²) in [5, 5.41) is 11.9. The van der Waals surface area contributed by atoms with Gasteiger partial charge in [0.2, 0.25) is 0 Å². The number of hydrogen-bond acceptors (Lipinski definition) is 4. The average Bonchev–Trinajstić information content (AvgIpc) is 1.53. The lowest BCUT2D eigenvalue weighted by atomic mass is 9.67. The molecule has 1 aliphatic rings. The third-order valence-electron chi connectivity index (χ3n) is 23.1. The fourth-order valence-corrected chi connectivity index (χ4v) is 22.6. The number of nitrogens with zero attached hydrogens (tertiary/aromatic N) is 2. The fourth-order valence-electron chi connectivity index (χ4n) is 17.8. The van der Waals surface area contributed by atoms with Crippen LogP contribution in [0.3, 0.4) is 0 Å². The van der Waals surface area contributed by atoms with E-state index in [0.717, 1.165) is 122 Å². The molecule has 0 saturated carbocycles. The zero-order valence-electron chi connectivity index (χ0n) is 62.4. The largest absolute Gasteiger partial charge is 0.453 e. The first kappa shape index (κ1) is 66.8. The van der Waals surface area contributed by atoms with Crippen LogP contribution < -0.4 is 30.5 Å². The molecule has 16 aromatic carbocycles. The summed E-state index contributed by atoms with van der Waals surface area (Å²) in [4.78, 5) is 4.93. The van der Waals surface area contributed by atoms with Gasteiger partial charge in [0, 0.05) is 55.1 Å². The Morgan fingerprint density at radius 3 is 1.12 bits per heavy atom. The van der Waals surface area contributed by atoms with Crippen LogP contribution in [0.2, 0.25) is 0 Å². The van der Waals surface area contributed by atoms with E-state index in [1.54, 1.807) is 0 Å². The zero-order chi connectivity index (χ0) is 73.8. The van der Waals surface area contributed by atoms with Crippen molar-refractivity contribution in [1.82, 2.24) is 0 Å². The molecular formula is C104H82N2O2Si. The molecule has 1 aliphatic carbocycles. The van der Waals surface area contributed by atoms with Crippen molar-refractivity contribution in [2.45, 2.75) is 64.7 Å². The lowest BCUT2D eigenvalue weighted by Gasteiger charge is -2.36. The number of benzene rings is 16. The molecular weight excluding hydrogens is 1340 g/mol. The van der Waals surface area contributed by atoms with Crippen LogP contribution in [0.1, 0.15) is 80.5 Å². The van der Waals surface area contributed by atoms with E-state index in [2.05, 4.69) is 428 Å². The van der Waals surface area contributed by atoms with Crippen LogP contribution in [0.5, 0.6) is 0 Å². The van der Waals surface area contributed by atoms with Crippen molar-refractivity contribution in [3.05, 3.63) is 409 Å². The number of hydrogen-bond donors (Lipinski definition) is 0. The molecule has 5 heteroatoms. The second-order valence-corrected chi connectivity index (χ2v) is 35.3. The van der Waals surface area contributed by atoms with Crippen LogP contribution in [-0.2, 0) is 16.2 Å². The Hall–Kier alpha value is -12.8. The van der Waals surface area contributed by atoms with Gasteiger partial charge in [-0.25, -0.2) is 0 Å². The van der Waals surface area contributed by atoms with Gasteiger partial charge < -0.3 is 18.6 Å². The summed E-state index contributed by atoms with van der Waals surface area (Å²) in [5.41, 5.74) is 23.5. The van der Waals surface area contributed by atoms with Gasteiger partial charge in [-0.2, -0.15) is 0 Å². The van der Waals surface area contributed by atoms with E-state index in [0.29, 0.717) is 0 Å². The summed E-state index contributed by atoms with van der Waals surface area (Å²) >= 11 is 0. The maximum Gasteiger partial charge on any atom is 0.179 e. The molecule has 4 nitrogen and oxygen atoms in total. The van der Waals surface area contributed by atoms with Gasteiger partial charge in [-0.1, -0.05) is 363 Å². The molecule has 0 unspecified atom stereocenters. The smallest absolute Gasteiger partial charge is 0.179 e. The highest BCUT2D eigenvalue weighted by atomic mass is 28.3. The van der Waals surface area contributed by atoms with Crippen LogP contribution in [-0.4, -0.2) is 8.07 Å². The SMILES string of the molecule is Cc1ccc(-c2cccc3c2oc2c(N(c4ccc(C(C)(C)C)cc4)c4cc5c(c6ccccc46)-c4ccc(N(c6ccc(C(C)(C)C)cc6)c6cccc7c6oc6c(-c8ccc([Si](c9ccccc9)(c9ccccc9)c9ccccc9)cc8)cccc67)cc4C5(c4ccccc4)c4ccccc4)cccc23)cc1. The first-order chi connectivity index (χ1) is 53.2. The van der Waals surface area contributed by atoms with Crippen LogP contribution in [0, 0.1) is 6.92 Å². The van der Waals surface area contributed by atoms with Gasteiger partial charge in [0.05, 0.1) is 22.5 Å². The number of para-hydroxylation sites is 4. The summed E-state index contributed by atoms with van der Waals surface area (Å²) in [6.45, 7) is 15.9. The van der Waals surface area contributed by atoms with E-state index in [1.165, 1.54) is 59.7 Å². The monoisotopic (exact) mass is 1420 g/mol. The molecule has 109 heavy (non-hydrogen) atoms.